The van der Waals surface area contributed by atoms with Gasteiger partial charge in [0, 0.05) is 17.1 Å². The lowest BCUT2D eigenvalue weighted by molar-refractivity contribution is -0.119. The van der Waals surface area contributed by atoms with Crippen molar-refractivity contribution in [1.29, 1.82) is 0 Å². The van der Waals surface area contributed by atoms with Gasteiger partial charge in [0.1, 0.15) is 0 Å². The van der Waals surface area contributed by atoms with Crippen LogP contribution in [0.4, 0.5) is 6.01 Å². The van der Waals surface area contributed by atoms with Gasteiger partial charge < -0.3 is 15.2 Å². The molecule has 0 saturated carbocycles. The smallest absolute Gasteiger partial charge is 0.322 e. The maximum atomic E-state index is 11.3. The average molecular weight is 281 g/mol. The molecule has 1 aromatic heterocycles. The number of halogens is 1. The minimum atomic E-state index is -0.134. The van der Waals surface area contributed by atoms with Crippen molar-refractivity contribution in [3.8, 4) is 11.4 Å². The van der Waals surface area contributed by atoms with E-state index in [0.717, 1.165) is 5.56 Å². The number of carbonyl (C=O) groups excluding carboxylic acids is 1. The molecule has 0 atom stereocenters. The van der Waals surface area contributed by atoms with Gasteiger partial charge >= 0.3 is 6.01 Å². The molecule has 0 aliphatic rings. The van der Waals surface area contributed by atoms with Crippen molar-refractivity contribution in [1.82, 2.24) is 15.5 Å². The van der Waals surface area contributed by atoms with Gasteiger partial charge in [-0.3, -0.25) is 4.79 Å². The van der Waals surface area contributed by atoms with Gasteiger partial charge in [-0.25, -0.2) is 0 Å². The molecule has 0 saturated heterocycles. The molecule has 1 aromatic carbocycles. The molecule has 19 heavy (non-hydrogen) atoms. The monoisotopic (exact) mass is 280 g/mol. The number of anilines is 1. The average Bonchev–Trinajstić information content (AvgIpc) is 2.85. The first-order valence-corrected chi connectivity index (χ1v) is 6.17. The van der Waals surface area contributed by atoms with Crippen molar-refractivity contribution in [3.05, 3.63) is 29.3 Å². The van der Waals surface area contributed by atoms with Crippen LogP contribution in [0.2, 0.25) is 5.02 Å². The molecule has 1 heterocycles. The molecule has 0 fully saturated rings. The first kappa shape index (κ1) is 13.4. The number of likely N-dealkylation sites (N-methyl/N-ethyl adjacent to an activating group) is 1. The number of rotatable bonds is 5. The van der Waals surface area contributed by atoms with Gasteiger partial charge in [-0.15, -0.1) is 0 Å². The highest BCUT2D eigenvalue weighted by Crippen LogP contribution is 2.20. The highest BCUT2D eigenvalue weighted by molar-refractivity contribution is 6.30. The van der Waals surface area contributed by atoms with E-state index >= 15 is 0 Å². The van der Waals surface area contributed by atoms with E-state index in [9.17, 15) is 4.79 Å². The largest absolute Gasteiger partial charge is 0.355 e. The van der Waals surface area contributed by atoms with Gasteiger partial charge in [-0.2, -0.15) is 4.98 Å². The van der Waals surface area contributed by atoms with Crippen molar-refractivity contribution in [2.45, 2.75) is 6.92 Å². The molecule has 6 nitrogen and oxygen atoms in total. The van der Waals surface area contributed by atoms with Gasteiger partial charge in [0.15, 0.2) is 0 Å². The number of hydrogen-bond acceptors (Lipinski definition) is 5. The quantitative estimate of drug-likeness (QED) is 0.875. The summed E-state index contributed by atoms with van der Waals surface area (Å²) in [4.78, 5) is 15.4. The molecular weight excluding hydrogens is 268 g/mol. The molecule has 0 aliphatic carbocycles. The second kappa shape index (κ2) is 6.19. The highest BCUT2D eigenvalue weighted by Gasteiger charge is 2.09. The highest BCUT2D eigenvalue weighted by atomic mass is 35.5. The Bertz CT molecular complexity index is 570. The predicted octanol–water partition coefficient (Wildman–Crippen LogP) is 1.94. The minimum Gasteiger partial charge on any atom is -0.355 e. The first-order chi connectivity index (χ1) is 9.19. The fraction of sp³-hybridized carbons (Fsp3) is 0.250. The lowest BCUT2D eigenvalue weighted by atomic mass is 10.2. The third-order valence-electron chi connectivity index (χ3n) is 2.28. The molecule has 2 aromatic rings. The van der Waals surface area contributed by atoms with E-state index in [0.29, 0.717) is 17.4 Å². The van der Waals surface area contributed by atoms with Crippen molar-refractivity contribution in [2.75, 3.05) is 18.4 Å². The zero-order valence-electron chi connectivity index (χ0n) is 10.3. The van der Waals surface area contributed by atoms with Gasteiger partial charge in [-0.05, 0) is 19.1 Å². The number of aromatic nitrogens is 2. The molecule has 0 spiro atoms. The SMILES string of the molecule is CCNC(=O)CNc1nc(-c2cccc(Cl)c2)no1. The summed E-state index contributed by atoms with van der Waals surface area (Å²) >= 11 is 5.88. The summed E-state index contributed by atoms with van der Waals surface area (Å²) in [5, 5.41) is 9.81. The predicted molar refractivity (Wildman–Crippen MR) is 71.9 cm³/mol. The van der Waals surface area contributed by atoms with E-state index in [2.05, 4.69) is 20.8 Å². The third kappa shape index (κ3) is 3.69. The van der Waals surface area contributed by atoms with Gasteiger partial charge in [0.05, 0.1) is 6.54 Å². The fourth-order valence-corrected chi connectivity index (χ4v) is 1.65. The molecule has 2 rings (SSSR count). The number of nitrogens with one attached hydrogen (secondary N) is 2. The summed E-state index contributed by atoms with van der Waals surface area (Å²) in [7, 11) is 0. The molecule has 7 heteroatoms. The molecule has 0 bridgehead atoms. The summed E-state index contributed by atoms with van der Waals surface area (Å²) in [6.07, 6.45) is 0. The lowest BCUT2D eigenvalue weighted by Gasteiger charge is -2.00. The summed E-state index contributed by atoms with van der Waals surface area (Å²) < 4.78 is 4.99. The van der Waals surface area contributed by atoms with Crippen LogP contribution in [-0.2, 0) is 4.79 Å². The third-order valence-corrected chi connectivity index (χ3v) is 2.52. The Morgan fingerprint density at radius 3 is 3.05 bits per heavy atom. The van der Waals surface area contributed by atoms with E-state index in [4.69, 9.17) is 16.1 Å². The summed E-state index contributed by atoms with van der Waals surface area (Å²) in [6, 6.07) is 7.32. The van der Waals surface area contributed by atoms with Crippen LogP contribution in [0.5, 0.6) is 0 Å². The summed E-state index contributed by atoms with van der Waals surface area (Å²) in [5.41, 5.74) is 0.752. The molecule has 0 radical (unpaired) electrons. The number of benzene rings is 1. The maximum Gasteiger partial charge on any atom is 0.322 e. The Hall–Kier alpha value is -2.08. The second-order valence-electron chi connectivity index (χ2n) is 3.74. The second-order valence-corrected chi connectivity index (χ2v) is 4.18. The normalized spacial score (nSPS) is 10.2. The molecule has 100 valence electrons. The fourth-order valence-electron chi connectivity index (χ4n) is 1.46. The van der Waals surface area contributed by atoms with Crippen LogP contribution in [0.3, 0.4) is 0 Å². The first-order valence-electron chi connectivity index (χ1n) is 5.79. The standard InChI is InChI=1S/C12H13ClN4O2/c1-2-14-10(18)7-15-12-16-11(17-19-12)8-4-3-5-9(13)6-8/h3-6H,2,7H2,1H3,(H,14,18)(H,15,16,17). The Labute approximate surface area is 115 Å². The van der Waals surface area contributed by atoms with Crippen LogP contribution >= 0.6 is 11.6 Å². The van der Waals surface area contributed by atoms with E-state index in [1.807, 2.05) is 13.0 Å². The molecule has 0 aliphatic heterocycles. The lowest BCUT2D eigenvalue weighted by Crippen LogP contribution is -2.29. The number of hydrogen-bond donors (Lipinski definition) is 2. The molecule has 0 unspecified atom stereocenters. The Kier molecular flexibility index (Phi) is 4.35. The molecule has 1 amide bonds. The van der Waals surface area contributed by atoms with Crippen LogP contribution in [0.1, 0.15) is 6.92 Å². The zero-order chi connectivity index (χ0) is 13.7. The Balaban J connectivity index is 2.01. The van der Waals surface area contributed by atoms with Gasteiger partial charge in [-0.1, -0.05) is 28.9 Å². The van der Waals surface area contributed by atoms with Crippen LogP contribution < -0.4 is 10.6 Å². The van der Waals surface area contributed by atoms with Crippen molar-refractivity contribution in [2.24, 2.45) is 0 Å². The molecule has 2 N–H and O–H groups in total. The van der Waals surface area contributed by atoms with E-state index in [-0.39, 0.29) is 18.5 Å². The van der Waals surface area contributed by atoms with Gasteiger partial charge in [0.2, 0.25) is 11.7 Å². The van der Waals surface area contributed by atoms with Crippen molar-refractivity contribution in [3.63, 3.8) is 0 Å². The van der Waals surface area contributed by atoms with E-state index in [1.54, 1.807) is 18.2 Å². The topological polar surface area (TPSA) is 80.0 Å². The van der Waals surface area contributed by atoms with E-state index in [1.165, 1.54) is 0 Å². The number of amides is 1. The summed E-state index contributed by atoms with van der Waals surface area (Å²) in [6.45, 7) is 2.52. The molecular formula is C12H13ClN4O2. The Morgan fingerprint density at radius 1 is 1.47 bits per heavy atom. The minimum absolute atomic E-state index is 0.0883. The van der Waals surface area contributed by atoms with Crippen LogP contribution in [0, 0.1) is 0 Å². The van der Waals surface area contributed by atoms with Crippen LogP contribution in [0.15, 0.2) is 28.8 Å². The van der Waals surface area contributed by atoms with Gasteiger partial charge in [0.25, 0.3) is 0 Å². The zero-order valence-corrected chi connectivity index (χ0v) is 11.1. The van der Waals surface area contributed by atoms with Crippen LogP contribution in [0.25, 0.3) is 11.4 Å². The van der Waals surface area contributed by atoms with Crippen LogP contribution in [-0.4, -0.2) is 29.1 Å². The van der Waals surface area contributed by atoms with Crippen molar-refractivity contribution < 1.29 is 9.32 Å². The number of nitrogens with zero attached hydrogens (tertiary/aromatic N) is 2. The number of carbonyl (C=O) groups is 1. The van der Waals surface area contributed by atoms with E-state index < -0.39 is 0 Å². The Morgan fingerprint density at radius 2 is 2.32 bits per heavy atom. The van der Waals surface area contributed by atoms with Crippen molar-refractivity contribution >= 4 is 23.5 Å². The maximum absolute atomic E-state index is 11.3. The summed E-state index contributed by atoms with van der Waals surface area (Å²) in [5.74, 6) is 0.283.